The molecule has 1 fully saturated rings. The molecule has 1 aliphatic rings. The first-order valence-corrected chi connectivity index (χ1v) is 8.78. The molecule has 0 aromatic carbocycles. The third kappa shape index (κ3) is 2.42. The van der Waals surface area contributed by atoms with E-state index < -0.39 is 5.41 Å². The molecule has 134 valence electrons. The molecule has 0 saturated heterocycles. The Hall–Kier alpha value is -2.96. The molecule has 7 nitrogen and oxygen atoms in total. The summed E-state index contributed by atoms with van der Waals surface area (Å²) in [7, 11) is 1.83. The van der Waals surface area contributed by atoms with Crippen molar-refractivity contribution in [3.8, 4) is 11.3 Å². The lowest BCUT2D eigenvalue weighted by Gasteiger charge is -2.14. The third-order valence-electron chi connectivity index (χ3n) is 5.13. The highest BCUT2D eigenvalue weighted by atomic mass is 16.1. The van der Waals surface area contributed by atoms with Gasteiger partial charge in [0.05, 0.1) is 16.8 Å². The molecule has 0 bridgehead atoms. The zero-order valence-electron chi connectivity index (χ0n) is 15.2. The summed E-state index contributed by atoms with van der Waals surface area (Å²) in [6.45, 7) is 4.17. The summed E-state index contributed by atoms with van der Waals surface area (Å²) in [4.78, 5) is 21.0. The van der Waals surface area contributed by atoms with Crippen molar-refractivity contribution in [2.75, 3.05) is 12.4 Å². The topological polar surface area (TPSA) is 98.7 Å². The highest BCUT2D eigenvalue weighted by molar-refractivity contribution is 6.01. The average Bonchev–Trinajstić information content (AvgIpc) is 3.31. The van der Waals surface area contributed by atoms with E-state index >= 15 is 0 Å². The SMILES string of the molecule is CNc1ncc(-c2ccn(C(C)C)n2)c2cc(C3(C(N)=O)CC3)ncc12. The van der Waals surface area contributed by atoms with Gasteiger partial charge in [0.25, 0.3) is 0 Å². The molecule has 0 atom stereocenters. The number of amides is 1. The molecule has 26 heavy (non-hydrogen) atoms. The van der Waals surface area contributed by atoms with Gasteiger partial charge in [-0.15, -0.1) is 0 Å². The van der Waals surface area contributed by atoms with Gasteiger partial charge >= 0.3 is 0 Å². The molecule has 3 aromatic heterocycles. The van der Waals surface area contributed by atoms with E-state index in [4.69, 9.17) is 5.73 Å². The van der Waals surface area contributed by atoms with Crippen molar-refractivity contribution in [1.82, 2.24) is 19.7 Å². The number of anilines is 1. The zero-order valence-corrected chi connectivity index (χ0v) is 15.2. The smallest absolute Gasteiger partial charge is 0.229 e. The van der Waals surface area contributed by atoms with Crippen LogP contribution in [0, 0.1) is 0 Å². The van der Waals surface area contributed by atoms with Gasteiger partial charge in [-0.25, -0.2) is 4.98 Å². The van der Waals surface area contributed by atoms with Crippen LogP contribution in [0.1, 0.15) is 38.4 Å². The van der Waals surface area contributed by atoms with E-state index in [-0.39, 0.29) is 11.9 Å². The second-order valence-corrected chi connectivity index (χ2v) is 7.11. The summed E-state index contributed by atoms with van der Waals surface area (Å²) in [5, 5.41) is 9.64. The molecule has 3 heterocycles. The highest BCUT2D eigenvalue weighted by Gasteiger charge is 2.51. The Kier molecular flexibility index (Phi) is 3.68. The van der Waals surface area contributed by atoms with Crippen LogP contribution in [0.25, 0.3) is 22.0 Å². The lowest BCUT2D eigenvalue weighted by atomic mass is 9.97. The molecule has 0 spiro atoms. The summed E-state index contributed by atoms with van der Waals surface area (Å²) in [6.07, 6.45) is 7.06. The van der Waals surface area contributed by atoms with Gasteiger partial charge in [-0.1, -0.05) is 0 Å². The first-order valence-electron chi connectivity index (χ1n) is 8.78. The number of nitrogens with two attached hydrogens (primary N) is 1. The van der Waals surface area contributed by atoms with Crippen LogP contribution < -0.4 is 11.1 Å². The van der Waals surface area contributed by atoms with Crippen molar-refractivity contribution in [3.05, 3.63) is 36.4 Å². The molecule has 0 unspecified atom stereocenters. The molecular weight excluding hydrogens is 328 g/mol. The summed E-state index contributed by atoms with van der Waals surface area (Å²) in [5.41, 5.74) is 7.51. The van der Waals surface area contributed by atoms with Crippen molar-refractivity contribution in [2.24, 2.45) is 5.73 Å². The Bertz CT molecular complexity index is 1000. The van der Waals surface area contributed by atoms with Crippen molar-refractivity contribution in [1.29, 1.82) is 0 Å². The number of fused-ring (bicyclic) bond motifs is 1. The summed E-state index contributed by atoms with van der Waals surface area (Å²) >= 11 is 0. The second-order valence-electron chi connectivity index (χ2n) is 7.11. The summed E-state index contributed by atoms with van der Waals surface area (Å²) < 4.78 is 1.92. The zero-order chi connectivity index (χ0) is 18.5. The van der Waals surface area contributed by atoms with Gasteiger partial charge in [-0.2, -0.15) is 5.10 Å². The first-order chi connectivity index (χ1) is 12.5. The number of carbonyl (C=O) groups excluding carboxylic acids is 1. The molecule has 7 heteroatoms. The first kappa shape index (κ1) is 16.5. The maximum atomic E-state index is 11.9. The Morgan fingerprint density at radius 1 is 1.27 bits per heavy atom. The van der Waals surface area contributed by atoms with Crippen LogP contribution in [0.2, 0.25) is 0 Å². The number of primary amides is 1. The average molecular weight is 350 g/mol. The van der Waals surface area contributed by atoms with Crippen molar-refractivity contribution in [3.63, 3.8) is 0 Å². The quantitative estimate of drug-likeness (QED) is 0.737. The molecule has 0 aliphatic heterocycles. The predicted octanol–water partition coefficient (Wildman–Crippen LogP) is 2.63. The minimum absolute atomic E-state index is 0.279. The van der Waals surface area contributed by atoms with Gasteiger partial charge in [0.2, 0.25) is 5.91 Å². The Balaban J connectivity index is 1.93. The van der Waals surface area contributed by atoms with Gasteiger partial charge in [-0.3, -0.25) is 14.5 Å². The molecule has 1 aliphatic carbocycles. The number of nitrogens with zero attached hydrogens (tertiary/aromatic N) is 4. The lowest BCUT2D eigenvalue weighted by Crippen LogP contribution is -2.29. The number of hydrogen-bond donors (Lipinski definition) is 2. The molecule has 0 radical (unpaired) electrons. The van der Waals surface area contributed by atoms with Crippen molar-refractivity contribution < 1.29 is 4.79 Å². The fourth-order valence-corrected chi connectivity index (χ4v) is 3.32. The summed E-state index contributed by atoms with van der Waals surface area (Å²) in [6, 6.07) is 4.23. The van der Waals surface area contributed by atoms with E-state index in [1.165, 1.54) is 0 Å². The van der Waals surface area contributed by atoms with Crippen LogP contribution in [0.15, 0.2) is 30.7 Å². The summed E-state index contributed by atoms with van der Waals surface area (Å²) in [5.74, 6) is 0.438. The van der Waals surface area contributed by atoms with Gasteiger partial charge in [-0.05, 0) is 44.2 Å². The van der Waals surface area contributed by atoms with E-state index in [2.05, 4.69) is 34.2 Å². The molecule has 3 N–H and O–H groups in total. The van der Waals surface area contributed by atoms with Gasteiger partial charge < -0.3 is 11.1 Å². The molecular formula is C19H22N6O. The van der Waals surface area contributed by atoms with Crippen LogP contribution >= 0.6 is 0 Å². The molecule has 1 saturated carbocycles. The van der Waals surface area contributed by atoms with Gasteiger partial charge in [0, 0.05) is 42.6 Å². The number of nitrogens with one attached hydrogen (secondary N) is 1. The van der Waals surface area contributed by atoms with Crippen molar-refractivity contribution >= 4 is 22.5 Å². The molecule has 1 amide bonds. The maximum Gasteiger partial charge on any atom is 0.229 e. The minimum Gasteiger partial charge on any atom is -0.373 e. The van der Waals surface area contributed by atoms with Crippen LogP contribution in [-0.4, -0.2) is 32.7 Å². The highest BCUT2D eigenvalue weighted by Crippen LogP contribution is 2.48. The molecule has 3 aromatic rings. The maximum absolute atomic E-state index is 11.9. The van der Waals surface area contributed by atoms with Crippen LogP contribution in [0.5, 0.6) is 0 Å². The number of hydrogen-bond acceptors (Lipinski definition) is 5. The number of rotatable bonds is 5. The van der Waals surface area contributed by atoms with Crippen LogP contribution in [0.4, 0.5) is 5.82 Å². The normalized spacial score (nSPS) is 15.4. The number of carbonyl (C=O) groups is 1. The Morgan fingerprint density at radius 3 is 2.62 bits per heavy atom. The fraction of sp³-hybridized carbons (Fsp3) is 0.368. The largest absolute Gasteiger partial charge is 0.373 e. The van der Waals surface area contributed by atoms with E-state index in [0.717, 1.165) is 46.4 Å². The van der Waals surface area contributed by atoms with Gasteiger partial charge in [0.15, 0.2) is 0 Å². The minimum atomic E-state index is -0.619. The third-order valence-corrected chi connectivity index (χ3v) is 5.13. The lowest BCUT2D eigenvalue weighted by molar-refractivity contribution is -0.120. The van der Waals surface area contributed by atoms with E-state index in [1.807, 2.05) is 36.3 Å². The monoisotopic (exact) mass is 350 g/mol. The fourth-order valence-electron chi connectivity index (χ4n) is 3.32. The van der Waals surface area contributed by atoms with Crippen LogP contribution in [0.3, 0.4) is 0 Å². The van der Waals surface area contributed by atoms with Crippen LogP contribution in [-0.2, 0) is 10.2 Å². The Morgan fingerprint density at radius 2 is 2.04 bits per heavy atom. The Labute approximate surface area is 151 Å². The predicted molar refractivity (Wildman–Crippen MR) is 101 cm³/mol. The van der Waals surface area contributed by atoms with Crippen molar-refractivity contribution in [2.45, 2.75) is 38.1 Å². The van der Waals surface area contributed by atoms with E-state index in [9.17, 15) is 4.79 Å². The standard InChI is InChI=1S/C19H22N6O/c1-11(2)25-7-4-15(24-25)13-9-23-17(21-3)14-10-22-16(8-12(13)14)19(5-6-19)18(20)26/h4,7-11H,5-6H2,1-3H3,(H2,20,26)(H,21,23). The van der Waals surface area contributed by atoms with E-state index in [0.29, 0.717) is 0 Å². The van der Waals surface area contributed by atoms with E-state index in [1.54, 1.807) is 6.20 Å². The number of aromatic nitrogens is 4. The van der Waals surface area contributed by atoms with Gasteiger partial charge in [0.1, 0.15) is 5.82 Å². The molecule has 4 rings (SSSR count). The number of pyridine rings is 2. The second kappa shape index (κ2) is 5.79.